The van der Waals surface area contributed by atoms with Gasteiger partial charge in [-0.05, 0) is 49.1 Å². The maximum atomic E-state index is 12.0. The fourth-order valence-corrected chi connectivity index (χ4v) is 2.15. The number of para-hydroxylation sites is 1. The Labute approximate surface area is 126 Å². The number of aryl methyl sites for hydroxylation is 2. The summed E-state index contributed by atoms with van der Waals surface area (Å²) in [5, 5.41) is 2.89. The van der Waals surface area contributed by atoms with Gasteiger partial charge in [-0.15, -0.1) is 0 Å². The number of amides is 1. The molecule has 3 nitrogen and oxygen atoms in total. The molecule has 0 aliphatic heterocycles. The van der Waals surface area contributed by atoms with Gasteiger partial charge in [0.25, 0.3) is 5.91 Å². The topological polar surface area (TPSA) is 38.3 Å². The van der Waals surface area contributed by atoms with Crippen molar-refractivity contribution in [2.45, 2.75) is 27.2 Å². The normalized spacial score (nSPS) is 10.2. The fourth-order valence-electron chi connectivity index (χ4n) is 2.15. The van der Waals surface area contributed by atoms with E-state index >= 15 is 0 Å². The molecule has 0 spiro atoms. The summed E-state index contributed by atoms with van der Waals surface area (Å²) < 4.78 is 5.62. The van der Waals surface area contributed by atoms with Crippen LogP contribution in [0.3, 0.4) is 0 Å². The molecule has 0 saturated carbocycles. The van der Waals surface area contributed by atoms with Crippen LogP contribution in [-0.4, -0.2) is 12.5 Å². The second-order valence-electron chi connectivity index (χ2n) is 5.05. The van der Waals surface area contributed by atoms with Crippen LogP contribution in [0.15, 0.2) is 42.5 Å². The standard InChI is InChI=1S/C18H21NO2/c1-4-15-9-5-6-11-17(15)21-12-18(20)19-16-10-7-8-13(2)14(16)3/h5-11H,4,12H2,1-3H3,(H,19,20). The third kappa shape index (κ3) is 3.85. The van der Waals surface area contributed by atoms with Crippen LogP contribution in [0.5, 0.6) is 5.75 Å². The summed E-state index contributed by atoms with van der Waals surface area (Å²) in [4.78, 5) is 12.0. The molecule has 0 heterocycles. The molecule has 0 saturated heterocycles. The first-order valence-corrected chi connectivity index (χ1v) is 7.18. The fraction of sp³-hybridized carbons (Fsp3) is 0.278. The zero-order chi connectivity index (χ0) is 15.2. The smallest absolute Gasteiger partial charge is 0.262 e. The first-order valence-electron chi connectivity index (χ1n) is 7.18. The molecule has 1 N–H and O–H groups in total. The Morgan fingerprint density at radius 2 is 1.86 bits per heavy atom. The second-order valence-corrected chi connectivity index (χ2v) is 5.05. The molecule has 0 aliphatic rings. The van der Waals surface area contributed by atoms with Crippen molar-refractivity contribution in [1.29, 1.82) is 0 Å². The van der Waals surface area contributed by atoms with E-state index in [9.17, 15) is 4.79 Å². The van der Waals surface area contributed by atoms with E-state index in [0.717, 1.165) is 34.5 Å². The van der Waals surface area contributed by atoms with Gasteiger partial charge in [-0.25, -0.2) is 0 Å². The van der Waals surface area contributed by atoms with Crippen LogP contribution in [0.2, 0.25) is 0 Å². The van der Waals surface area contributed by atoms with Crippen molar-refractivity contribution >= 4 is 11.6 Å². The number of carbonyl (C=O) groups is 1. The molecule has 0 radical (unpaired) electrons. The SMILES string of the molecule is CCc1ccccc1OCC(=O)Nc1cccc(C)c1C. The molecule has 0 atom stereocenters. The Bertz CT molecular complexity index is 635. The Morgan fingerprint density at radius 3 is 2.62 bits per heavy atom. The molecule has 0 aliphatic carbocycles. The van der Waals surface area contributed by atoms with E-state index in [2.05, 4.69) is 12.2 Å². The lowest BCUT2D eigenvalue weighted by Gasteiger charge is -2.12. The van der Waals surface area contributed by atoms with Gasteiger partial charge in [0.1, 0.15) is 5.75 Å². The van der Waals surface area contributed by atoms with Gasteiger partial charge in [0.2, 0.25) is 0 Å². The maximum Gasteiger partial charge on any atom is 0.262 e. The summed E-state index contributed by atoms with van der Waals surface area (Å²) in [6.07, 6.45) is 0.884. The number of hydrogen-bond acceptors (Lipinski definition) is 2. The quantitative estimate of drug-likeness (QED) is 0.904. The lowest BCUT2D eigenvalue weighted by atomic mass is 10.1. The first kappa shape index (κ1) is 15.1. The minimum atomic E-state index is -0.144. The third-order valence-corrected chi connectivity index (χ3v) is 3.59. The summed E-state index contributed by atoms with van der Waals surface area (Å²) in [7, 11) is 0. The third-order valence-electron chi connectivity index (χ3n) is 3.59. The maximum absolute atomic E-state index is 12.0. The van der Waals surface area contributed by atoms with Crippen LogP contribution < -0.4 is 10.1 Å². The number of benzene rings is 2. The number of carbonyl (C=O) groups excluding carboxylic acids is 1. The Kier molecular flexibility index (Phi) is 4.99. The molecule has 1 amide bonds. The highest BCUT2D eigenvalue weighted by atomic mass is 16.5. The van der Waals surface area contributed by atoms with Crippen molar-refractivity contribution in [3.05, 3.63) is 59.2 Å². The summed E-state index contributed by atoms with van der Waals surface area (Å²) in [6.45, 7) is 6.11. The van der Waals surface area contributed by atoms with E-state index in [4.69, 9.17) is 4.74 Å². The van der Waals surface area contributed by atoms with E-state index < -0.39 is 0 Å². The van der Waals surface area contributed by atoms with Gasteiger partial charge in [0.05, 0.1) is 0 Å². The lowest BCUT2D eigenvalue weighted by Crippen LogP contribution is -2.21. The largest absolute Gasteiger partial charge is 0.483 e. The first-order chi connectivity index (χ1) is 10.1. The van der Waals surface area contributed by atoms with Gasteiger partial charge in [-0.3, -0.25) is 4.79 Å². The molecule has 2 aromatic carbocycles. The molecule has 0 unspecified atom stereocenters. The molecule has 21 heavy (non-hydrogen) atoms. The highest BCUT2D eigenvalue weighted by molar-refractivity contribution is 5.92. The molecule has 3 heteroatoms. The van der Waals surface area contributed by atoms with Crippen molar-refractivity contribution in [3.8, 4) is 5.75 Å². The average molecular weight is 283 g/mol. The van der Waals surface area contributed by atoms with Crippen molar-refractivity contribution in [1.82, 2.24) is 0 Å². The van der Waals surface area contributed by atoms with Gasteiger partial charge < -0.3 is 10.1 Å². The average Bonchev–Trinajstić information content (AvgIpc) is 2.50. The molecule has 110 valence electrons. The van der Waals surface area contributed by atoms with E-state index in [-0.39, 0.29) is 12.5 Å². The zero-order valence-corrected chi connectivity index (χ0v) is 12.8. The summed E-state index contributed by atoms with van der Waals surface area (Å²) in [5.74, 6) is 0.630. The van der Waals surface area contributed by atoms with Crippen LogP contribution >= 0.6 is 0 Å². The van der Waals surface area contributed by atoms with E-state index in [1.54, 1.807) is 0 Å². The summed E-state index contributed by atoms with van der Waals surface area (Å²) >= 11 is 0. The number of nitrogens with one attached hydrogen (secondary N) is 1. The number of anilines is 1. The molecule has 0 aromatic heterocycles. The Morgan fingerprint density at radius 1 is 1.10 bits per heavy atom. The minimum absolute atomic E-state index is 0.0182. The van der Waals surface area contributed by atoms with Gasteiger partial charge in [0.15, 0.2) is 6.61 Å². The van der Waals surface area contributed by atoms with E-state index in [1.165, 1.54) is 0 Å². The van der Waals surface area contributed by atoms with Gasteiger partial charge in [-0.2, -0.15) is 0 Å². The predicted octanol–water partition coefficient (Wildman–Crippen LogP) is 3.88. The Hall–Kier alpha value is -2.29. The summed E-state index contributed by atoms with van der Waals surface area (Å²) in [5.41, 5.74) is 4.19. The molecule has 2 rings (SSSR count). The monoisotopic (exact) mass is 283 g/mol. The van der Waals surface area contributed by atoms with E-state index in [1.807, 2.05) is 56.3 Å². The van der Waals surface area contributed by atoms with Gasteiger partial charge in [0, 0.05) is 5.69 Å². The van der Waals surface area contributed by atoms with Crippen molar-refractivity contribution in [3.63, 3.8) is 0 Å². The van der Waals surface area contributed by atoms with Crippen LogP contribution in [0.1, 0.15) is 23.6 Å². The molecule has 2 aromatic rings. The summed E-state index contributed by atoms with van der Waals surface area (Å²) in [6, 6.07) is 13.7. The Balaban J connectivity index is 1.98. The van der Waals surface area contributed by atoms with Gasteiger partial charge in [-0.1, -0.05) is 37.3 Å². The van der Waals surface area contributed by atoms with Crippen molar-refractivity contribution in [2.75, 3.05) is 11.9 Å². The second kappa shape index (κ2) is 6.93. The van der Waals surface area contributed by atoms with Crippen LogP contribution in [0, 0.1) is 13.8 Å². The predicted molar refractivity (Wildman–Crippen MR) is 85.9 cm³/mol. The number of ether oxygens (including phenoxy) is 1. The van der Waals surface area contributed by atoms with Crippen LogP contribution in [0.4, 0.5) is 5.69 Å². The zero-order valence-electron chi connectivity index (χ0n) is 12.8. The minimum Gasteiger partial charge on any atom is -0.483 e. The van der Waals surface area contributed by atoms with Crippen LogP contribution in [-0.2, 0) is 11.2 Å². The molecule has 0 bridgehead atoms. The molecule has 0 fully saturated rings. The highest BCUT2D eigenvalue weighted by Gasteiger charge is 2.08. The highest BCUT2D eigenvalue weighted by Crippen LogP contribution is 2.19. The number of hydrogen-bond donors (Lipinski definition) is 1. The lowest BCUT2D eigenvalue weighted by molar-refractivity contribution is -0.118. The molecular formula is C18H21NO2. The van der Waals surface area contributed by atoms with Gasteiger partial charge >= 0.3 is 0 Å². The van der Waals surface area contributed by atoms with Crippen molar-refractivity contribution in [2.24, 2.45) is 0 Å². The van der Waals surface area contributed by atoms with E-state index in [0.29, 0.717) is 0 Å². The van der Waals surface area contributed by atoms with Crippen LogP contribution in [0.25, 0.3) is 0 Å². The van der Waals surface area contributed by atoms with Crippen molar-refractivity contribution < 1.29 is 9.53 Å². The molecular weight excluding hydrogens is 262 g/mol. The number of rotatable bonds is 5.